The number of amides is 1. The molecule has 1 unspecified atom stereocenters. The van der Waals surface area contributed by atoms with E-state index in [1.165, 1.54) is 0 Å². The molecule has 0 aliphatic heterocycles. The number of carbonyl (C=O) groups is 1. The number of carbonyl (C=O) groups excluding carboxylic acids is 1. The lowest BCUT2D eigenvalue weighted by Gasteiger charge is -2.17. The molecule has 0 saturated carbocycles. The Kier molecular flexibility index (Phi) is 6.43. The Morgan fingerprint density at radius 3 is 2.65 bits per heavy atom. The number of para-hydroxylation sites is 1. The second-order valence-electron chi connectivity index (χ2n) is 4.97. The van der Waals surface area contributed by atoms with Gasteiger partial charge in [-0.25, -0.2) is 0 Å². The van der Waals surface area contributed by atoms with Crippen molar-refractivity contribution in [1.29, 1.82) is 0 Å². The number of rotatable bonds is 5. The van der Waals surface area contributed by atoms with Gasteiger partial charge in [0.25, 0.3) is 0 Å². The minimum absolute atomic E-state index is 0. The number of H-pyrrole nitrogens is 1. The van der Waals surface area contributed by atoms with E-state index in [4.69, 9.17) is 10.8 Å². The van der Waals surface area contributed by atoms with Crippen molar-refractivity contribution in [2.75, 3.05) is 6.54 Å². The number of nitrogens with two attached hydrogens (primary N) is 1. The van der Waals surface area contributed by atoms with Crippen LogP contribution in [-0.2, 0) is 11.2 Å². The summed E-state index contributed by atoms with van der Waals surface area (Å²) in [5.41, 5.74) is 7.39. The quantitative estimate of drug-likeness (QED) is 0.658. The first kappa shape index (κ1) is 19.3. The highest BCUT2D eigenvalue weighted by atomic mass is 35.5. The number of aliphatic hydroxyl groups is 1. The van der Waals surface area contributed by atoms with E-state index in [0.29, 0.717) is 0 Å². The summed E-state index contributed by atoms with van der Waals surface area (Å²) in [6.07, 6.45) is -5.48. The molecule has 0 aliphatic rings. The molecule has 23 heavy (non-hydrogen) atoms. The molecule has 0 radical (unpaired) electrons. The van der Waals surface area contributed by atoms with Crippen LogP contribution in [-0.4, -0.2) is 40.9 Å². The summed E-state index contributed by atoms with van der Waals surface area (Å²) >= 11 is 0. The number of fused-ring (bicyclic) bond motifs is 1. The van der Waals surface area contributed by atoms with Crippen LogP contribution in [0.2, 0.25) is 0 Å². The Balaban J connectivity index is 0.00000264. The van der Waals surface area contributed by atoms with Crippen LogP contribution in [0.4, 0.5) is 13.2 Å². The van der Waals surface area contributed by atoms with Crippen LogP contribution in [0.15, 0.2) is 30.5 Å². The van der Waals surface area contributed by atoms with Gasteiger partial charge in [0.15, 0.2) is 6.10 Å². The van der Waals surface area contributed by atoms with Crippen LogP contribution in [0.5, 0.6) is 0 Å². The molecule has 5 nitrogen and oxygen atoms in total. The number of hydrogen-bond donors (Lipinski definition) is 4. The highest BCUT2D eigenvalue weighted by Gasteiger charge is 2.38. The van der Waals surface area contributed by atoms with Gasteiger partial charge in [0.2, 0.25) is 5.91 Å². The fraction of sp³-hybridized carbons (Fsp3) is 0.357. The number of alkyl halides is 3. The molecule has 2 rings (SSSR count). The van der Waals surface area contributed by atoms with Gasteiger partial charge in [-0.3, -0.25) is 4.79 Å². The van der Waals surface area contributed by atoms with Crippen molar-refractivity contribution in [3.63, 3.8) is 0 Å². The van der Waals surface area contributed by atoms with Crippen molar-refractivity contribution in [2.24, 2.45) is 5.73 Å². The number of aliphatic hydroxyl groups excluding tert-OH is 1. The number of aromatic nitrogens is 1. The molecular weight excluding hydrogens is 335 g/mol. The molecule has 0 spiro atoms. The van der Waals surface area contributed by atoms with Gasteiger partial charge in [-0.05, 0) is 18.1 Å². The van der Waals surface area contributed by atoms with E-state index in [-0.39, 0.29) is 18.8 Å². The van der Waals surface area contributed by atoms with Gasteiger partial charge in [0, 0.05) is 17.1 Å². The SMILES string of the molecule is Cl.N[C@@H](Cc1c[nH]c2ccccc12)C(=O)NCC(O)C(F)(F)F. The van der Waals surface area contributed by atoms with Crippen molar-refractivity contribution in [3.8, 4) is 0 Å². The molecule has 1 aromatic heterocycles. The third kappa shape index (κ3) is 4.85. The van der Waals surface area contributed by atoms with E-state index in [1.54, 1.807) is 6.20 Å². The molecular formula is C14H17ClF3N3O2. The van der Waals surface area contributed by atoms with E-state index >= 15 is 0 Å². The summed E-state index contributed by atoms with van der Waals surface area (Å²) in [7, 11) is 0. The highest BCUT2D eigenvalue weighted by molar-refractivity contribution is 5.86. The van der Waals surface area contributed by atoms with Gasteiger partial charge >= 0.3 is 6.18 Å². The van der Waals surface area contributed by atoms with E-state index in [9.17, 15) is 18.0 Å². The van der Waals surface area contributed by atoms with E-state index < -0.39 is 30.8 Å². The van der Waals surface area contributed by atoms with Crippen LogP contribution >= 0.6 is 12.4 Å². The van der Waals surface area contributed by atoms with Crippen molar-refractivity contribution in [1.82, 2.24) is 10.3 Å². The summed E-state index contributed by atoms with van der Waals surface area (Å²) in [5.74, 6) is -0.742. The van der Waals surface area contributed by atoms with Crippen molar-refractivity contribution < 1.29 is 23.1 Å². The van der Waals surface area contributed by atoms with Gasteiger partial charge in [0.1, 0.15) is 0 Å². The van der Waals surface area contributed by atoms with Crippen LogP contribution in [0.3, 0.4) is 0 Å². The maximum atomic E-state index is 12.1. The number of nitrogens with one attached hydrogen (secondary N) is 2. The van der Waals surface area contributed by atoms with Crippen LogP contribution in [0, 0.1) is 0 Å². The molecule has 9 heteroatoms. The zero-order valence-corrected chi connectivity index (χ0v) is 12.7. The standard InChI is InChI=1S/C14H16F3N3O2.ClH/c15-14(16,17)12(21)7-20-13(22)10(18)5-8-6-19-11-4-2-1-3-9(8)11;/h1-4,6,10,12,19,21H,5,7,18H2,(H,20,22);1H/t10-,12?;/m0./s1. The lowest BCUT2D eigenvalue weighted by molar-refractivity contribution is -0.201. The third-order valence-electron chi connectivity index (χ3n) is 3.30. The first-order valence-electron chi connectivity index (χ1n) is 6.62. The fourth-order valence-corrected chi connectivity index (χ4v) is 2.07. The Morgan fingerprint density at radius 1 is 1.35 bits per heavy atom. The fourth-order valence-electron chi connectivity index (χ4n) is 2.07. The van der Waals surface area contributed by atoms with Gasteiger partial charge in [-0.2, -0.15) is 13.2 Å². The van der Waals surface area contributed by atoms with Crippen LogP contribution in [0.1, 0.15) is 5.56 Å². The van der Waals surface area contributed by atoms with Crippen LogP contribution in [0.25, 0.3) is 10.9 Å². The summed E-state index contributed by atoms with van der Waals surface area (Å²) in [4.78, 5) is 14.7. The predicted molar refractivity (Wildman–Crippen MR) is 82.3 cm³/mol. The lowest BCUT2D eigenvalue weighted by atomic mass is 10.1. The Morgan fingerprint density at radius 2 is 2.00 bits per heavy atom. The molecule has 0 saturated heterocycles. The third-order valence-corrected chi connectivity index (χ3v) is 3.30. The van der Waals surface area contributed by atoms with Gasteiger partial charge in [0.05, 0.1) is 12.6 Å². The molecule has 0 fully saturated rings. The van der Waals surface area contributed by atoms with Gasteiger partial charge < -0.3 is 21.1 Å². The van der Waals surface area contributed by atoms with Crippen molar-refractivity contribution >= 4 is 29.2 Å². The molecule has 1 aromatic carbocycles. The number of benzene rings is 1. The van der Waals surface area contributed by atoms with E-state index in [0.717, 1.165) is 16.5 Å². The molecule has 1 heterocycles. The lowest BCUT2D eigenvalue weighted by Crippen LogP contribution is -2.47. The topological polar surface area (TPSA) is 91.1 Å². The molecule has 128 valence electrons. The number of halogens is 4. The summed E-state index contributed by atoms with van der Waals surface area (Å²) < 4.78 is 36.4. The second-order valence-corrected chi connectivity index (χ2v) is 4.97. The minimum Gasteiger partial charge on any atom is -0.382 e. The monoisotopic (exact) mass is 351 g/mol. The number of aromatic amines is 1. The van der Waals surface area contributed by atoms with Gasteiger partial charge in [-0.15, -0.1) is 12.4 Å². The minimum atomic E-state index is -4.77. The normalized spacial score (nSPS) is 14.1. The summed E-state index contributed by atoms with van der Waals surface area (Å²) in [5, 5.41) is 11.7. The Labute approximate surface area is 136 Å². The molecule has 2 atom stereocenters. The zero-order valence-electron chi connectivity index (χ0n) is 11.9. The average molecular weight is 352 g/mol. The van der Waals surface area contributed by atoms with E-state index in [1.807, 2.05) is 29.6 Å². The van der Waals surface area contributed by atoms with Crippen LogP contribution < -0.4 is 11.1 Å². The van der Waals surface area contributed by atoms with E-state index in [2.05, 4.69) is 4.98 Å². The van der Waals surface area contributed by atoms with Crippen molar-refractivity contribution in [2.45, 2.75) is 24.7 Å². The molecule has 1 amide bonds. The second kappa shape index (κ2) is 7.67. The summed E-state index contributed by atoms with van der Waals surface area (Å²) in [6, 6.07) is 6.42. The van der Waals surface area contributed by atoms with Crippen molar-refractivity contribution in [3.05, 3.63) is 36.0 Å². The highest BCUT2D eigenvalue weighted by Crippen LogP contribution is 2.20. The maximum Gasteiger partial charge on any atom is 0.416 e. The molecule has 0 bridgehead atoms. The zero-order chi connectivity index (χ0) is 16.3. The first-order valence-corrected chi connectivity index (χ1v) is 6.62. The number of hydrogen-bond acceptors (Lipinski definition) is 3. The molecule has 0 aliphatic carbocycles. The maximum absolute atomic E-state index is 12.1. The molecule has 2 aromatic rings. The Bertz CT molecular complexity index is 660. The first-order chi connectivity index (χ1) is 10.3. The predicted octanol–water partition coefficient (Wildman–Crippen LogP) is 1.50. The smallest absolute Gasteiger partial charge is 0.382 e. The average Bonchev–Trinajstić information content (AvgIpc) is 2.86. The van der Waals surface area contributed by atoms with Gasteiger partial charge in [-0.1, -0.05) is 18.2 Å². The Hall–Kier alpha value is -1.77. The summed E-state index contributed by atoms with van der Waals surface area (Å²) in [6.45, 7) is -0.913. The largest absolute Gasteiger partial charge is 0.416 e. The molecule has 5 N–H and O–H groups in total.